The van der Waals surface area contributed by atoms with Gasteiger partial charge in [0.2, 0.25) is 6.71 Å². The first-order valence-corrected chi connectivity index (χ1v) is 27.6. The van der Waals surface area contributed by atoms with E-state index in [1.807, 2.05) is 0 Å². The van der Waals surface area contributed by atoms with Crippen LogP contribution in [0.25, 0.3) is 16.6 Å². The number of rotatable bonds is 4. The average molecular weight is 935 g/mol. The molecule has 8 aliphatic rings. The molecule has 4 heteroatoms. The Morgan fingerprint density at radius 1 is 0.757 bits per heavy atom. The van der Waals surface area contributed by atoms with Gasteiger partial charge in [-0.05, 0) is 141 Å². The highest BCUT2D eigenvalue weighted by atomic mass is 32.2. The van der Waals surface area contributed by atoms with Crippen LogP contribution in [-0.4, -0.2) is 11.3 Å². The van der Waals surface area contributed by atoms with Gasteiger partial charge in [0, 0.05) is 67.4 Å². The summed E-state index contributed by atoms with van der Waals surface area (Å²) in [5.74, 6) is 1.80. The first-order chi connectivity index (χ1) is 33.4. The van der Waals surface area contributed by atoms with E-state index in [9.17, 15) is 0 Å². The predicted molar refractivity (Wildman–Crippen MR) is 300 cm³/mol. The molecule has 0 spiro atoms. The van der Waals surface area contributed by atoms with Crippen LogP contribution in [0.4, 0.5) is 11.4 Å². The number of anilines is 2. The summed E-state index contributed by atoms with van der Waals surface area (Å²) in [6, 6.07) is 33.9. The number of hydrogen-bond donors (Lipinski definition) is 0. The third kappa shape index (κ3) is 6.52. The van der Waals surface area contributed by atoms with Crippen LogP contribution in [0.3, 0.4) is 0 Å². The summed E-state index contributed by atoms with van der Waals surface area (Å²) >= 11 is 2.12. The zero-order valence-electron chi connectivity index (χ0n) is 43.6. The summed E-state index contributed by atoms with van der Waals surface area (Å²) < 4.78 is 2.91. The molecular formula is C66H71BN2S. The fourth-order valence-electron chi connectivity index (χ4n) is 14.7. The van der Waals surface area contributed by atoms with E-state index >= 15 is 0 Å². The Kier molecular flexibility index (Phi) is 9.85. The molecule has 5 aliphatic carbocycles. The van der Waals surface area contributed by atoms with E-state index in [-0.39, 0.29) is 34.3 Å². The van der Waals surface area contributed by atoms with Gasteiger partial charge in [-0.25, -0.2) is 0 Å². The second-order valence-corrected chi connectivity index (χ2v) is 27.0. The Bertz CT molecular complexity index is 3220. The third-order valence-electron chi connectivity index (χ3n) is 18.3. The summed E-state index contributed by atoms with van der Waals surface area (Å²) in [7, 11) is 0. The van der Waals surface area contributed by atoms with Crippen LogP contribution in [0.2, 0.25) is 5.82 Å². The minimum Gasteiger partial charge on any atom is -0.317 e. The van der Waals surface area contributed by atoms with Gasteiger partial charge in [0.15, 0.2) is 0 Å². The van der Waals surface area contributed by atoms with E-state index < -0.39 is 0 Å². The molecule has 3 aliphatic heterocycles. The number of hydrogen-bond acceptors (Lipinski definition) is 2. The highest BCUT2D eigenvalue weighted by Crippen LogP contribution is 2.65. The van der Waals surface area contributed by atoms with Crippen molar-refractivity contribution < 1.29 is 0 Å². The molecule has 4 heterocycles. The van der Waals surface area contributed by atoms with Gasteiger partial charge >= 0.3 is 0 Å². The predicted octanol–water partition coefficient (Wildman–Crippen LogP) is 17.4. The average Bonchev–Trinajstić information content (AvgIpc) is 3.97. The van der Waals surface area contributed by atoms with Gasteiger partial charge in [0.1, 0.15) is 0 Å². The van der Waals surface area contributed by atoms with Crippen molar-refractivity contribution in [2.24, 2.45) is 11.3 Å². The molecule has 0 radical (unpaired) electrons. The molecule has 354 valence electrons. The van der Waals surface area contributed by atoms with Crippen molar-refractivity contribution in [3.8, 4) is 0 Å². The van der Waals surface area contributed by atoms with Gasteiger partial charge in [0.05, 0.1) is 0 Å². The van der Waals surface area contributed by atoms with E-state index in [2.05, 4.69) is 225 Å². The van der Waals surface area contributed by atoms with Crippen LogP contribution < -0.4 is 10.4 Å². The molecule has 4 aromatic carbocycles. The summed E-state index contributed by atoms with van der Waals surface area (Å²) in [5.41, 5.74) is 24.0. The number of thioether (sulfide) groups is 1. The smallest absolute Gasteiger partial charge is 0.222 e. The number of nitrogens with zero attached hydrogens (tertiary/aromatic N) is 2. The molecule has 0 saturated carbocycles. The molecule has 0 bridgehead atoms. The van der Waals surface area contributed by atoms with Gasteiger partial charge in [-0.1, -0.05) is 202 Å². The number of fused-ring (bicyclic) bond motifs is 12. The minimum absolute atomic E-state index is 0.0344. The SMILES string of the molecule is CC(C)(C)c1ccc(N(C2=CCC3B4C5=C(CC(C(C)(C)C)C=C5C(c5cccc6c5SC5=CCCCC56)C3=C2)n2c3c(c5cccc4c52)C(C)(C)C2=CC=CCC23)c2ccc(C(C)(C)C)cc2)cc1. The maximum absolute atomic E-state index is 2.91. The summed E-state index contributed by atoms with van der Waals surface area (Å²) in [6.45, 7) is 26.8. The largest absolute Gasteiger partial charge is 0.317 e. The van der Waals surface area contributed by atoms with Crippen LogP contribution in [0.1, 0.15) is 166 Å². The van der Waals surface area contributed by atoms with Crippen molar-refractivity contribution >= 4 is 51.9 Å². The van der Waals surface area contributed by atoms with Crippen LogP contribution in [0.15, 0.2) is 165 Å². The number of allylic oxidation sites excluding steroid dienone is 13. The van der Waals surface area contributed by atoms with Gasteiger partial charge in [0.25, 0.3) is 0 Å². The normalized spacial score (nSPS) is 24.9. The Balaban J connectivity index is 1.07. The number of para-hydroxylation sites is 1. The number of aromatic nitrogens is 1. The van der Waals surface area contributed by atoms with Crippen LogP contribution >= 0.6 is 11.8 Å². The number of benzene rings is 4. The minimum atomic E-state index is -0.0344. The van der Waals surface area contributed by atoms with E-state index in [4.69, 9.17) is 0 Å². The highest BCUT2D eigenvalue weighted by molar-refractivity contribution is 8.03. The lowest BCUT2D eigenvalue weighted by Gasteiger charge is -2.50. The van der Waals surface area contributed by atoms with E-state index in [0.717, 1.165) is 19.3 Å². The van der Waals surface area contributed by atoms with Gasteiger partial charge in [-0.15, -0.1) is 0 Å². The molecule has 13 rings (SSSR count). The highest BCUT2D eigenvalue weighted by Gasteiger charge is 2.55. The van der Waals surface area contributed by atoms with Crippen LogP contribution in [0.5, 0.6) is 0 Å². The molecule has 1 saturated heterocycles. The van der Waals surface area contributed by atoms with Gasteiger partial charge < -0.3 is 9.47 Å². The molecule has 5 atom stereocenters. The molecular weight excluding hydrogens is 864 g/mol. The second-order valence-electron chi connectivity index (χ2n) is 25.9. The molecule has 70 heavy (non-hydrogen) atoms. The van der Waals surface area contributed by atoms with Crippen LogP contribution in [0, 0.1) is 11.3 Å². The molecule has 5 aromatic rings. The maximum Gasteiger partial charge on any atom is 0.222 e. The molecule has 0 N–H and O–H groups in total. The van der Waals surface area contributed by atoms with Crippen LogP contribution in [-0.2, 0) is 16.2 Å². The molecule has 5 unspecified atom stereocenters. The fourth-order valence-corrected chi connectivity index (χ4v) is 16.1. The lowest BCUT2D eigenvalue weighted by Crippen LogP contribution is -2.49. The zero-order valence-corrected chi connectivity index (χ0v) is 44.5. The Hall–Kier alpha value is -5.19. The second kappa shape index (κ2) is 15.4. The summed E-state index contributed by atoms with van der Waals surface area (Å²) in [5, 5.41) is 1.49. The first-order valence-electron chi connectivity index (χ1n) is 26.8. The Labute approximate surface area is 423 Å². The molecule has 1 aromatic heterocycles. The zero-order chi connectivity index (χ0) is 48.4. The Morgan fingerprint density at radius 3 is 2.13 bits per heavy atom. The molecule has 2 nitrogen and oxygen atoms in total. The van der Waals surface area contributed by atoms with Crippen molar-refractivity contribution in [3.63, 3.8) is 0 Å². The van der Waals surface area contributed by atoms with E-state index in [0.29, 0.717) is 23.6 Å². The topological polar surface area (TPSA) is 8.17 Å². The van der Waals surface area contributed by atoms with Crippen molar-refractivity contribution in [2.75, 3.05) is 4.90 Å². The fraction of sp³-hybridized carbons (Fsp3) is 0.394. The lowest BCUT2D eigenvalue weighted by atomic mass is 9.25. The monoisotopic (exact) mass is 935 g/mol. The quantitative estimate of drug-likeness (QED) is 0.166. The standard InChI is InChI=1S/C66H71BN2S/c1-63(2,3)39-26-30-42(31-27-39)68(43-32-28-40(29-33-43)64(4,5)6)44-34-35-53-50(38-44)57(48-21-16-20-46-45-18-13-15-25-56(45)70-62(46)48)51-36-41(65(7,8)9)37-55-59(51)67(53)54-24-17-22-49-58-61(69(55)60(49)54)47-19-12-14-23-52(47)66(58,10)11/h12,14,16-17,20-34,36,38,41,45,47,53,57H,13,15,18-19,35,37H2,1-11H3. The molecule has 0 amide bonds. The van der Waals surface area contributed by atoms with E-state index in [1.165, 1.54) is 63.9 Å². The van der Waals surface area contributed by atoms with E-state index in [1.54, 1.807) is 60.0 Å². The van der Waals surface area contributed by atoms with Crippen molar-refractivity contribution in [3.05, 3.63) is 194 Å². The summed E-state index contributed by atoms with van der Waals surface area (Å²) in [6.07, 6.45) is 24.9. The van der Waals surface area contributed by atoms with Crippen molar-refractivity contribution in [2.45, 2.75) is 159 Å². The van der Waals surface area contributed by atoms with Crippen molar-refractivity contribution in [1.82, 2.24) is 4.57 Å². The molecule has 1 fully saturated rings. The maximum atomic E-state index is 2.91. The van der Waals surface area contributed by atoms with Crippen molar-refractivity contribution in [1.29, 1.82) is 0 Å². The van der Waals surface area contributed by atoms with Gasteiger partial charge in [-0.3, -0.25) is 0 Å². The van der Waals surface area contributed by atoms with Gasteiger partial charge in [-0.2, -0.15) is 0 Å². The lowest BCUT2D eigenvalue weighted by molar-refractivity contribution is 0.292. The first kappa shape index (κ1) is 44.7. The summed E-state index contributed by atoms with van der Waals surface area (Å²) in [4.78, 5) is 5.71. The Morgan fingerprint density at radius 2 is 1.44 bits per heavy atom. The third-order valence-corrected chi connectivity index (χ3v) is 19.7.